The van der Waals surface area contributed by atoms with Gasteiger partial charge in [-0.1, -0.05) is 13.8 Å². The molecule has 0 aromatic carbocycles. The first-order chi connectivity index (χ1) is 4.81. The lowest BCUT2D eigenvalue weighted by molar-refractivity contribution is 0.202. The van der Waals surface area contributed by atoms with Crippen molar-refractivity contribution in [1.82, 2.24) is 0 Å². The van der Waals surface area contributed by atoms with Gasteiger partial charge in [-0.15, -0.1) is 0 Å². The van der Waals surface area contributed by atoms with Crippen LogP contribution in [-0.4, -0.2) is 22.5 Å². The molecule has 0 unspecified atom stereocenters. The zero-order chi connectivity index (χ0) is 7.82. The first-order valence-electron chi connectivity index (χ1n) is 3.90. The van der Waals surface area contributed by atoms with Gasteiger partial charge in [0.2, 0.25) is 0 Å². The summed E-state index contributed by atoms with van der Waals surface area (Å²) >= 11 is 0. The lowest BCUT2D eigenvalue weighted by Gasteiger charge is -2.08. The third-order valence-electron chi connectivity index (χ3n) is 1.02. The zero-order valence-electron chi connectivity index (χ0n) is 7.14. The smallest absolute Gasteiger partial charge is 0.381 e. The van der Waals surface area contributed by atoms with Crippen LogP contribution >= 0.6 is 0 Å². The molecule has 0 aliphatic carbocycles. The summed E-state index contributed by atoms with van der Waals surface area (Å²) in [5.41, 5.74) is 0. The van der Waals surface area contributed by atoms with E-state index in [-0.39, 0.29) is 0 Å². The minimum absolute atomic E-state index is 0.842. The van der Waals surface area contributed by atoms with Crippen molar-refractivity contribution in [3.63, 3.8) is 0 Å². The molecule has 0 aliphatic heterocycles. The second-order valence-corrected chi connectivity index (χ2v) is 3.75. The van der Waals surface area contributed by atoms with Crippen molar-refractivity contribution in [2.24, 2.45) is 0 Å². The van der Waals surface area contributed by atoms with Gasteiger partial charge < -0.3 is 8.85 Å². The van der Waals surface area contributed by atoms with E-state index in [0.717, 1.165) is 26.1 Å². The maximum atomic E-state index is 5.37. The Hall–Kier alpha value is 0.137. The fraction of sp³-hybridized carbons (Fsp3) is 1.00. The fourth-order valence-corrected chi connectivity index (χ4v) is 1.60. The molecule has 1 radical (unpaired) electrons. The molecule has 0 amide bonds. The summed E-state index contributed by atoms with van der Waals surface area (Å²) in [6.45, 7) is 7.93. The predicted molar refractivity (Wildman–Crippen MR) is 44.1 cm³/mol. The molecule has 0 atom stereocenters. The molecule has 3 heteroatoms. The minimum Gasteiger partial charge on any atom is -0.394 e. The van der Waals surface area contributed by atoms with E-state index in [1.54, 1.807) is 0 Å². The van der Waals surface area contributed by atoms with Crippen LogP contribution in [0.5, 0.6) is 0 Å². The summed E-state index contributed by atoms with van der Waals surface area (Å²) in [5.74, 6) is 0. The molecule has 0 heterocycles. The SMILES string of the molecule is CCCO[Si](C)OCCC. The van der Waals surface area contributed by atoms with E-state index in [4.69, 9.17) is 8.85 Å². The van der Waals surface area contributed by atoms with E-state index < -0.39 is 9.28 Å². The van der Waals surface area contributed by atoms with Gasteiger partial charge in [-0.05, 0) is 19.4 Å². The van der Waals surface area contributed by atoms with Gasteiger partial charge in [0.1, 0.15) is 0 Å². The van der Waals surface area contributed by atoms with Crippen LogP contribution < -0.4 is 0 Å². The number of hydrogen-bond donors (Lipinski definition) is 0. The number of rotatable bonds is 6. The van der Waals surface area contributed by atoms with Crippen LogP contribution in [0.25, 0.3) is 0 Å². The van der Waals surface area contributed by atoms with E-state index in [1.165, 1.54) is 0 Å². The maximum absolute atomic E-state index is 5.37. The Morgan fingerprint density at radius 2 is 1.40 bits per heavy atom. The topological polar surface area (TPSA) is 18.5 Å². The van der Waals surface area contributed by atoms with Gasteiger partial charge in [-0.2, -0.15) is 0 Å². The van der Waals surface area contributed by atoms with Gasteiger partial charge in [-0.25, -0.2) is 0 Å². The van der Waals surface area contributed by atoms with Gasteiger partial charge in [-0.3, -0.25) is 0 Å². The summed E-state index contributed by atoms with van der Waals surface area (Å²) in [6.07, 6.45) is 2.16. The van der Waals surface area contributed by atoms with Crippen molar-refractivity contribution in [3.05, 3.63) is 0 Å². The van der Waals surface area contributed by atoms with Crippen LogP contribution in [0.1, 0.15) is 26.7 Å². The standard InChI is InChI=1S/C7H17O2Si/c1-4-6-8-10(3)9-7-5-2/h4-7H2,1-3H3. The molecule has 61 valence electrons. The van der Waals surface area contributed by atoms with Gasteiger partial charge >= 0.3 is 9.28 Å². The van der Waals surface area contributed by atoms with E-state index in [2.05, 4.69) is 13.8 Å². The van der Waals surface area contributed by atoms with Gasteiger partial charge in [0.25, 0.3) is 0 Å². The zero-order valence-corrected chi connectivity index (χ0v) is 8.14. The van der Waals surface area contributed by atoms with Crippen molar-refractivity contribution < 1.29 is 8.85 Å². The van der Waals surface area contributed by atoms with Crippen LogP contribution in [0.15, 0.2) is 0 Å². The highest BCUT2D eigenvalue weighted by molar-refractivity contribution is 6.42. The third-order valence-corrected chi connectivity index (χ3v) is 2.24. The van der Waals surface area contributed by atoms with Gasteiger partial charge in [0.05, 0.1) is 0 Å². The molecule has 0 bridgehead atoms. The maximum Gasteiger partial charge on any atom is 0.381 e. The van der Waals surface area contributed by atoms with Crippen molar-refractivity contribution in [3.8, 4) is 0 Å². The van der Waals surface area contributed by atoms with Crippen LogP contribution in [0.4, 0.5) is 0 Å². The summed E-state index contributed by atoms with van der Waals surface area (Å²) in [5, 5.41) is 0. The quantitative estimate of drug-likeness (QED) is 0.554. The average molecular weight is 161 g/mol. The molecule has 0 rings (SSSR count). The Morgan fingerprint density at radius 1 is 1.00 bits per heavy atom. The summed E-state index contributed by atoms with van der Waals surface area (Å²) in [6, 6.07) is 0. The first kappa shape index (κ1) is 10.1. The van der Waals surface area contributed by atoms with E-state index in [9.17, 15) is 0 Å². The van der Waals surface area contributed by atoms with Gasteiger partial charge in [0.15, 0.2) is 0 Å². The molecule has 0 fully saturated rings. The van der Waals surface area contributed by atoms with E-state index in [1.807, 2.05) is 6.55 Å². The minimum atomic E-state index is -0.915. The van der Waals surface area contributed by atoms with Crippen molar-refractivity contribution in [1.29, 1.82) is 0 Å². The lowest BCUT2D eigenvalue weighted by atomic mass is 10.5. The summed E-state index contributed by atoms with van der Waals surface area (Å²) in [7, 11) is -0.915. The Bertz CT molecular complexity index is 60.6. The fourth-order valence-electron chi connectivity index (χ4n) is 0.533. The second-order valence-electron chi connectivity index (χ2n) is 2.19. The van der Waals surface area contributed by atoms with Crippen LogP contribution in [-0.2, 0) is 8.85 Å². The third kappa shape index (κ3) is 6.26. The first-order valence-corrected chi connectivity index (χ1v) is 5.72. The molecular weight excluding hydrogens is 144 g/mol. The summed E-state index contributed by atoms with van der Waals surface area (Å²) in [4.78, 5) is 0. The Labute approximate surface area is 65.4 Å². The molecule has 10 heavy (non-hydrogen) atoms. The van der Waals surface area contributed by atoms with Crippen LogP contribution in [0, 0.1) is 0 Å². The monoisotopic (exact) mass is 161 g/mol. The van der Waals surface area contributed by atoms with Crippen molar-refractivity contribution in [2.45, 2.75) is 33.2 Å². The van der Waals surface area contributed by atoms with Gasteiger partial charge in [0, 0.05) is 13.2 Å². The Morgan fingerprint density at radius 3 is 1.70 bits per heavy atom. The van der Waals surface area contributed by atoms with E-state index in [0.29, 0.717) is 0 Å². The molecule has 0 aliphatic rings. The molecule has 2 nitrogen and oxygen atoms in total. The van der Waals surface area contributed by atoms with Crippen molar-refractivity contribution >= 4 is 9.28 Å². The van der Waals surface area contributed by atoms with E-state index >= 15 is 0 Å². The highest BCUT2D eigenvalue weighted by atomic mass is 28.3. The molecule has 0 aromatic heterocycles. The highest BCUT2D eigenvalue weighted by Crippen LogP contribution is 1.91. The summed E-state index contributed by atoms with van der Waals surface area (Å²) < 4.78 is 10.7. The normalized spacial score (nSPS) is 10.8. The molecule has 0 saturated carbocycles. The van der Waals surface area contributed by atoms with Crippen molar-refractivity contribution in [2.75, 3.05) is 13.2 Å². The molecule has 0 N–H and O–H groups in total. The molecule has 0 spiro atoms. The van der Waals surface area contributed by atoms with Crippen LogP contribution in [0.2, 0.25) is 6.55 Å². The second kappa shape index (κ2) is 7.25. The predicted octanol–water partition coefficient (Wildman–Crippen LogP) is 1.96. The molecular formula is C7H17O2Si. The van der Waals surface area contributed by atoms with Crippen LogP contribution in [0.3, 0.4) is 0 Å². The Kier molecular flexibility index (Phi) is 7.35. The molecule has 0 saturated heterocycles. The molecule has 0 aromatic rings. The highest BCUT2D eigenvalue weighted by Gasteiger charge is 2.04. The average Bonchev–Trinajstić information content (AvgIpc) is 1.97. The lowest BCUT2D eigenvalue weighted by Crippen LogP contribution is -2.19. The largest absolute Gasteiger partial charge is 0.394 e. The Balaban J connectivity index is 3.00. The number of hydrogen-bond acceptors (Lipinski definition) is 2.